The fraction of sp³-hybridized carbons (Fsp3) is 0. The van der Waals surface area contributed by atoms with Gasteiger partial charge >= 0.3 is 5.97 Å². The highest BCUT2D eigenvalue weighted by molar-refractivity contribution is 6.33. The van der Waals surface area contributed by atoms with Crippen LogP contribution in [-0.4, -0.2) is 16.1 Å². The normalized spacial score (nSPS) is 9.85. The summed E-state index contributed by atoms with van der Waals surface area (Å²) in [5, 5.41) is 20.5. The summed E-state index contributed by atoms with van der Waals surface area (Å²) >= 11 is 5.69. The topological polar surface area (TPSA) is 86.0 Å². The van der Waals surface area contributed by atoms with E-state index in [4.69, 9.17) is 22.0 Å². The minimum Gasteiger partial charge on any atom is -0.478 e. The van der Waals surface area contributed by atoms with Gasteiger partial charge in [-0.05, 0) is 18.2 Å². The molecule has 1 aromatic carbocycles. The van der Waals surface area contributed by atoms with Crippen LogP contribution < -0.4 is 5.32 Å². The minimum absolute atomic E-state index is 0.0113. The Balaban J connectivity index is 2.41. The standard InChI is InChI=1S/C13H7ClFN3O2/c14-9-6-17-12(4-7(9)13(19)20)18-11-3-1-2-10(15)8(11)5-16/h1-4,6H,(H,17,18)(H,19,20). The molecule has 0 aliphatic heterocycles. The van der Waals surface area contributed by atoms with E-state index in [2.05, 4.69) is 10.3 Å². The van der Waals surface area contributed by atoms with Crippen molar-refractivity contribution in [1.82, 2.24) is 4.98 Å². The van der Waals surface area contributed by atoms with E-state index in [1.165, 1.54) is 24.4 Å². The lowest BCUT2D eigenvalue weighted by Gasteiger charge is -2.09. The van der Waals surface area contributed by atoms with Gasteiger partial charge in [0.05, 0.1) is 16.3 Å². The highest BCUT2D eigenvalue weighted by Gasteiger charge is 2.12. The molecule has 0 amide bonds. The molecule has 5 nitrogen and oxygen atoms in total. The van der Waals surface area contributed by atoms with Crippen molar-refractivity contribution in [3.05, 3.63) is 52.4 Å². The molecule has 7 heteroatoms. The monoisotopic (exact) mass is 291 g/mol. The van der Waals surface area contributed by atoms with Crippen molar-refractivity contribution < 1.29 is 14.3 Å². The summed E-state index contributed by atoms with van der Waals surface area (Å²) in [7, 11) is 0. The molecule has 0 aliphatic carbocycles. The highest BCUT2D eigenvalue weighted by Crippen LogP contribution is 2.24. The smallest absolute Gasteiger partial charge is 0.337 e. The molecule has 0 spiro atoms. The third-order valence-corrected chi connectivity index (χ3v) is 2.78. The SMILES string of the molecule is N#Cc1c(F)cccc1Nc1cc(C(=O)O)c(Cl)cn1. The summed E-state index contributed by atoms with van der Waals surface area (Å²) in [6, 6.07) is 6.99. The number of nitrogens with zero attached hydrogens (tertiary/aromatic N) is 2. The van der Waals surface area contributed by atoms with Crippen LogP contribution in [0.5, 0.6) is 0 Å². The van der Waals surface area contributed by atoms with Crippen LogP contribution in [0.1, 0.15) is 15.9 Å². The molecule has 0 bridgehead atoms. The summed E-state index contributed by atoms with van der Waals surface area (Å²) in [5.74, 6) is -1.74. The molecule has 2 N–H and O–H groups in total. The van der Waals surface area contributed by atoms with Gasteiger partial charge in [-0.15, -0.1) is 0 Å². The van der Waals surface area contributed by atoms with E-state index in [1.54, 1.807) is 6.07 Å². The molecule has 100 valence electrons. The van der Waals surface area contributed by atoms with Gasteiger partial charge in [0.15, 0.2) is 0 Å². The second kappa shape index (κ2) is 5.55. The lowest BCUT2D eigenvalue weighted by atomic mass is 10.2. The molecule has 1 heterocycles. The van der Waals surface area contributed by atoms with E-state index in [-0.39, 0.29) is 27.7 Å². The van der Waals surface area contributed by atoms with Gasteiger partial charge in [-0.2, -0.15) is 5.26 Å². The van der Waals surface area contributed by atoms with E-state index < -0.39 is 11.8 Å². The predicted molar refractivity (Wildman–Crippen MR) is 70.6 cm³/mol. The highest BCUT2D eigenvalue weighted by atomic mass is 35.5. The summed E-state index contributed by atoms with van der Waals surface area (Å²) in [4.78, 5) is 14.8. The molecule has 0 aliphatic rings. The Kier molecular flexibility index (Phi) is 3.82. The number of hydrogen-bond acceptors (Lipinski definition) is 4. The average Bonchev–Trinajstić information content (AvgIpc) is 2.41. The number of aromatic nitrogens is 1. The number of carboxylic acids is 1. The van der Waals surface area contributed by atoms with Crippen LogP contribution in [0.3, 0.4) is 0 Å². The zero-order chi connectivity index (χ0) is 14.7. The summed E-state index contributed by atoms with van der Waals surface area (Å²) < 4.78 is 13.4. The maximum absolute atomic E-state index is 13.4. The minimum atomic E-state index is -1.21. The lowest BCUT2D eigenvalue weighted by molar-refractivity contribution is 0.0697. The van der Waals surface area contributed by atoms with Crippen molar-refractivity contribution in [3.63, 3.8) is 0 Å². The van der Waals surface area contributed by atoms with E-state index in [0.717, 1.165) is 6.07 Å². The predicted octanol–water partition coefficient (Wildman–Crippen LogP) is 3.19. The maximum Gasteiger partial charge on any atom is 0.337 e. The van der Waals surface area contributed by atoms with Crippen molar-refractivity contribution >= 4 is 29.1 Å². The van der Waals surface area contributed by atoms with Gasteiger partial charge < -0.3 is 10.4 Å². The molecule has 0 unspecified atom stereocenters. The van der Waals surface area contributed by atoms with Crippen LogP contribution in [0.25, 0.3) is 0 Å². The van der Waals surface area contributed by atoms with Crippen LogP contribution >= 0.6 is 11.6 Å². The third-order valence-electron chi connectivity index (χ3n) is 2.47. The largest absolute Gasteiger partial charge is 0.478 e. The lowest BCUT2D eigenvalue weighted by Crippen LogP contribution is -2.02. The van der Waals surface area contributed by atoms with Crippen LogP contribution in [0.2, 0.25) is 5.02 Å². The molecule has 0 atom stereocenters. The fourth-order valence-electron chi connectivity index (χ4n) is 1.55. The van der Waals surface area contributed by atoms with Crippen LogP contribution in [0.15, 0.2) is 30.5 Å². The zero-order valence-electron chi connectivity index (χ0n) is 9.89. The molecule has 2 aromatic rings. The molecule has 0 radical (unpaired) electrons. The Morgan fingerprint density at radius 3 is 2.90 bits per heavy atom. The summed E-state index contributed by atoms with van der Waals surface area (Å²) in [6.45, 7) is 0. The number of pyridine rings is 1. The first-order valence-electron chi connectivity index (χ1n) is 5.37. The Hall–Kier alpha value is -2.65. The fourth-order valence-corrected chi connectivity index (χ4v) is 1.74. The Labute approximate surface area is 118 Å². The van der Waals surface area contributed by atoms with E-state index >= 15 is 0 Å². The van der Waals surface area contributed by atoms with Gasteiger partial charge in [0, 0.05) is 6.20 Å². The van der Waals surface area contributed by atoms with Crippen molar-refractivity contribution in [3.8, 4) is 6.07 Å². The Morgan fingerprint density at radius 2 is 2.25 bits per heavy atom. The molecular formula is C13H7ClFN3O2. The number of halogens is 2. The number of carbonyl (C=O) groups is 1. The molecule has 0 saturated heterocycles. The summed E-state index contributed by atoms with van der Waals surface area (Å²) in [6.07, 6.45) is 1.17. The van der Waals surface area contributed by atoms with Crippen molar-refractivity contribution in [2.75, 3.05) is 5.32 Å². The molecule has 1 aromatic heterocycles. The van der Waals surface area contributed by atoms with Crippen LogP contribution in [0.4, 0.5) is 15.9 Å². The van der Waals surface area contributed by atoms with Crippen LogP contribution in [-0.2, 0) is 0 Å². The number of aromatic carboxylic acids is 1. The van der Waals surface area contributed by atoms with Gasteiger partial charge in [-0.3, -0.25) is 0 Å². The molecule has 0 fully saturated rings. The van der Waals surface area contributed by atoms with Gasteiger partial charge in [0.25, 0.3) is 0 Å². The van der Waals surface area contributed by atoms with Crippen molar-refractivity contribution in [2.24, 2.45) is 0 Å². The van der Waals surface area contributed by atoms with Crippen LogP contribution in [0, 0.1) is 17.1 Å². The molecule has 20 heavy (non-hydrogen) atoms. The molecule has 2 rings (SSSR count). The van der Waals surface area contributed by atoms with Gasteiger partial charge in [0.2, 0.25) is 0 Å². The first-order chi connectivity index (χ1) is 9.52. The van der Waals surface area contributed by atoms with Gasteiger partial charge in [0.1, 0.15) is 23.3 Å². The second-order valence-electron chi connectivity index (χ2n) is 3.75. The number of nitrogens with one attached hydrogen (secondary N) is 1. The van der Waals surface area contributed by atoms with E-state index in [1.807, 2.05) is 0 Å². The average molecular weight is 292 g/mol. The number of rotatable bonds is 3. The molecule has 0 saturated carbocycles. The van der Waals surface area contributed by atoms with E-state index in [9.17, 15) is 9.18 Å². The van der Waals surface area contributed by atoms with Crippen molar-refractivity contribution in [2.45, 2.75) is 0 Å². The second-order valence-corrected chi connectivity index (χ2v) is 4.16. The quantitative estimate of drug-likeness (QED) is 0.907. The maximum atomic E-state index is 13.4. The third kappa shape index (κ3) is 2.68. The van der Waals surface area contributed by atoms with Gasteiger partial charge in [-0.25, -0.2) is 14.2 Å². The first-order valence-corrected chi connectivity index (χ1v) is 5.75. The number of carboxylic acid groups (broad SMARTS) is 1. The van der Waals surface area contributed by atoms with Gasteiger partial charge in [-0.1, -0.05) is 17.7 Å². The number of nitriles is 1. The molecular weight excluding hydrogens is 285 g/mol. The summed E-state index contributed by atoms with van der Waals surface area (Å²) in [5.41, 5.74) is -0.126. The Morgan fingerprint density at radius 1 is 1.50 bits per heavy atom. The zero-order valence-corrected chi connectivity index (χ0v) is 10.6. The number of anilines is 2. The van der Waals surface area contributed by atoms with Crippen molar-refractivity contribution in [1.29, 1.82) is 5.26 Å². The number of hydrogen-bond donors (Lipinski definition) is 2. The number of benzene rings is 1. The Bertz CT molecular complexity index is 728. The van der Waals surface area contributed by atoms with E-state index in [0.29, 0.717) is 0 Å². The first kappa shape index (κ1) is 13.8.